The van der Waals surface area contributed by atoms with E-state index in [0.29, 0.717) is 0 Å². The average molecular weight is 278 g/mol. The number of rotatable bonds is 0. The summed E-state index contributed by atoms with van der Waals surface area (Å²) in [6.07, 6.45) is -3.38. The van der Waals surface area contributed by atoms with E-state index in [2.05, 4.69) is 9.97 Å². The molecule has 2 aromatic rings. The number of nitrogens with zero attached hydrogens (tertiary/aromatic N) is 1. The number of hydrogen-bond donors (Lipinski definition) is 3. The van der Waals surface area contributed by atoms with Crippen LogP contribution >= 0.6 is 0 Å². The van der Waals surface area contributed by atoms with Crippen molar-refractivity contribution in [2.24, 2.45) is 0 Å². The minimum atomic E-state index is -5.08. The second kappa shape index (κ2) is 7.69. The Bertz CT molecular complexity index is 494. The molecule has 0 bridgehead atoms. The Morgan fingerprint density at radius 1 is 1.32 bits per heavy atom. The molecule has 0 amide bonds. The molecule has 0 fully saturated rings. The maximum absolute atomic E-state index is 10.6. The lowest BCUT2D eigenvalue weighted by Gasteiger charge is -1.93. The van der Waals surface area contributed by atoms with Crippen LogP contribution in [0.15, 0.2) is 30.6 Å². The Morgan fingerprint density at radius 3 is 2.21 bits per heavy atom. The molecule has 9 heteroatoms. The number of fused-ring (bicyclic) bond motifs is 1. The fourth-order valence-electron chi connectivity index (χ4n) is 0.880. The van der Waals surface area contributed by atoms with Crippen LogP contribution in [0.1, 0.15) is 0 Å². The van der Waals surface area contributed by atoms with Gasteiger partial charge in [0.2, 0.25) is 0 Å². The summed E-state index contributed by atoms with van der Waals surface area (Å²) < 4.78 is 31.7. The first kappa shape index (κ1) is 16.4. The van der Waals surface area contributed by atoms with Crippen LogP contribution in [0.4, 0.5) is 13.2 Å². The maximum Gasteiger partial charge on any atom is 0.490 e. The molecule has 0 radical (unpaired) electrons. The molecule has 0 aliphatic heterocycles. The van der Waals surface area contributed by atoms with Crippen molar-refractivity contribution >= 4 is 23.5 Å². The van der Waals surface area contributed by atoms with Gasteiger partial charge in [-0.15, -0.1) is 0 Å². The predicted molar refractivity (Wildman–Crippen MR) is 58.5 cm³/mol. The van der Waals surface area contributed by atoms with Crippen LogP contribution in [0.2, 0.25) is 0 Å². The number of carboxylic acids is 1. The fourth-order valence-corrected chi connectivity index (χ4v) is 0.880. The molecule has 0 atom stereocenters. The predicted octanol–water partition coefficient (Wildman–Crippen LogP) is 1.90. The summed E-state index contributed by atoms with van der Waals surface area (Å²) in [6, 6.07) is 7.94. The highest BCUT2D eigenvalue weighted by atomic mass is 19.4. The van der Waals surface area contributed by atoms with Crippen molar-refractivity contribution in [2.45, 2.75) is 6.18 Å². The normalized spacial score (nSPS) is 9.63. The first-order valence-electron chi connectivity index (χ1n) is 4.59. The van der Waals surface area contributed by atoms with Gasteiger partial charge in [0.05, 0.1) is 17.4 Å². The topological polar surface area (TPSA) is 103 Å². The molecule has 1 aromatic heterocycles. The molecule has 1 heterocycles. The third-order valence-electron chi connectivity index (χ3n) is 1.57. The van der Waals surface area contributed by atoms with E-state index in [1.54, 1.807) is 6.33 Å². The van der Waals surface area contributed by atoms with Crippen molar-refractivity contribution in [3.05, 3.63) is 30.6 Å². The van der Waals surface area contributed by atoms with Gasteiger partial charge in [-0.05, 0) is 12.1 Å². The van der Waals surface area contributed by atoms with Gasteiger partial charge in [-0.3, -0.25) is 4.79 Å². The SMILES string of the molecule is O=C(O)C(F)(F)F.O=CO.c1ccc2[nH]cnc2c1. The van der Waals surface area contributed by atoms with Crippen LogP contribution in [-0.2, 0) is 9.59 Å². The van der Waals surface area contributed by atoms with E-state index in [9.17, 15) is 13.2 Å². The number of aromatic nitrogens is 2. The third kappa shape index (κ3) is 6.66. The number of nitrogens with one attached hydrogen (secondary N) is 1. The summed E-state index contributed by atoms with van der Waals surface area (Å²) in [7, 11) is 0. The van der Waals surface area contributed by atoms with Crippen LogP contribution in [0, 0.1) is 0 Å². The number of imidazole rings is 1. The monoisotopic (exact) mass is 278 g/mol. The van der Waals surface area contributed by atoms with Gasteiger partial charge in [0.1, 0.15) is 0 Å². The lowest BCUT2D eigenvalue weighted by molar-refractivity contribution is -0.192. The van der Waals surface area contributed by atoms with E-state index in [1.807, 2.05) is 24.3 Å². The van der Waals surface area contributed by atoms with Crippen LogP contribution in [0.3, 0.4) is 0 Å². The Kier molecular flexibility index (Phi) is 6.65. The van der Waals surface area contributed by atoms with E-state index >= 15 is 0 Å². The highest BCUT2D eigenvalue weighted by molar-refractivity contribution is 5.73. The third-order valence-corrected chi connectivity index (χ3v) is 1.57. The summed E-state index contributed by atoms with van der Waals surface area (Å²) in [5, 5.41) is 14.0. The van der Waals surface area contributed by atoms with E-state index < -0.39 is 12.1 Å². The van der Waals surface area contributed by atoms with Crippen molar-refractivity contribution in [1.29, 1.82) is 0 Å². The molecule has 2 rings (SSSR count). The van der Waals surface area contributed by atoms with Gasteiger partial charge in [-0.25, -0.2) is 9.78 Å². The number of aliphatic carboxylic acids is 1. The highest BCUT2D eigenvalue weighted by Gasteiger charge is 2.38. The number of carbonyl (C=O) groups is 2. The molecule has 0 aliphatic rings. The molecule has 3 N–H and O–H groups in total. The Hall–Kier alpha value is -2.58. The van der Waals surface area contributed by atoms with Gasteiger partial charge in [0, 0.05) is 0 Å². The minimum Gasteiger partial charge on any atom is -0.483 e. The Labute approximate surface area is 104 Å². The van der Waals surface area contributed by atoms with E-state index in [-0.39, 0.29) is 6.47 Å². The van der Waals surface area contributed by atoms with Crippen molar-refractivity contribution in [3.8, 4) is 0 Å². The Balaban J connectivity index is 0.000000292. The van der Waals surface area contributed by atoms with Gasteiger partial charge in [0.15, 0.2) is 0 Å². The molecular weight excluding hydrogens is 269 g/mol. The standard InChI is InChI=1S/C7H6N2.C2HF3O2.CH2O2/c1-2-4-7-6(3-1)8-5-9-7;3-2(4,5)1(6)7;2-1-3/h1-5H,(H,8,9);(H,6,7);1H,(H,2,3). The van der Waals surface area contributed by atoms with E-state index in [0.717, 1.165) is 11.0 Å². The summed E-state index contributed by atoms with van der Waals surface area (Å²) in [5.74, 6) is -2.76. The lowest BCUT2D eigenvalue weighted by atomic mass is 10.3. The van der Waals surface area contributed by atoms with Crippen molar-refractivity contribution in [2.75, 3.05) is 0 Å². The largest absolute Gasteiger partial charge is 0.490 e. The number of carboxylic acid groups (broad SMARTS) is 2. The lowest BCUT2D eigenvalue weighted by Crippen LogP contribution is -2.21. The van der Waals surface area contributed by atoms with E-state index in [1.165, 1.54) is 0 Å². The molecule has 0 saturated heterocycles. The van der Waals surface area contributed by atoms with Gasteiger partial charge in [0.25, 0.3) is 6.47 Å². The van der Waals surface area contributed by atoms with Crippen LogP contribution in [0.5, 0.6) is 0 Å². The maximum atomic E-state index is 10.6. The quantitative estimate of drug-likeness (QED) is 0.638. The average Bonchev–Trinajstić information content (AvgIpc) is 2.77. The van der Waals surface area contributed by atoms with Crippen molar-refractivity contribution < 1.29 is 33.0 Å². The molecule has 104 valence electrons. The number of hydrogen-bond acceptors (Lipinski definition) is 3. The number of para-hydroxylation sites is 2. The zero-order valence-corrected chi connectivity index (χ0v) is 9.26. The van der Waals surface area contributed by atoms with Crippen LogP contribution in [0.25, 0.3) is 11.0 Å². The summed E-state index contributed by atoms with van der Waals surface area (Å²) in [5.41, 5.74) is 2.12. The minimum absolute atomic E-state index is 0.250. The fraction of sp³-hybridized carbons (Fsp3) is 0.100. The van der Waals surface area contributed by atoms with Gasteiger partial charge in [-0.1, -0.05) is 12.1 Å². The number of benzene rings is 1. The number of halogens is 3. The summed E-state index contributed by atoms with van der Waals surface area (Å²) in [4.78, 5) is 24.3. The molecule has 6 nitrogen and oxygen atoms in total. The first-order chi connectivity index (χ1) is 8.82. The first-order valence-corrected chi connectivity index (χ1v) is 4.59. The van der Waals surface area contributed by atoms with Crippen molar-refractivity contribution in [1.82, 2.24) is 9.97 Å². The second-order valence-electron chi connectivity index (χ2n) is 2.83. The summed E-state index contributed by atoms with van der Waals surface area (Å²) in [6.45, 7) is -0.250. The van der Waals surface area contributed by atoms with Crippen LogP contribution < -0.4 is 0 Å². The van der Waals surface area contributed by atoms with Crippen LogP contribution in [-0.4, -0.2) is 38.8 Å². The molecule has 0 spiro atoms. The number of aromatic amines is 1. The molecule has 0 saturated carbocycles. The van der Waals surface area contributed by atoms with Gasteiger partial charge in [-0.2, -0.15) is 13.2 Å². The smallest absolute Gasteiger partial charge is 0.483 e. The van der Waals surface area contributed by atoms with Gasteiger partial charge < -0.3 is 15.2 Å². The number of alkyl halides is 3. The molecule has 0 unspecified atom stereocenters. The molecular formula is C10H9F3N2O4. The zero-order chi connectivity index (χ0) is 14.9. The molecule has 19 heavy (non-hydrogen) atoms. The number of H-pyrrole nitrogens is 1. The highest BCUT2D eigenvalue weighted by Crippen LogP contribution is 2.13. The van der Waals surface area contributed by atoms with E-state index in [4.69, 9.17) is 19.8 Å². The molecule has 0 aliphatic carbocycles. The zero-order valence-electron chi connectivity index (χ0n) is 9.26. The summed E-state index contributed by atoms with van der Waals surface area (Å²) >= 11 is 0. The van der Waals surface area contributed by atoms with Crippen molar-refractivity contribution in [3.63, 3.8) is 0 Å². The second-order valence-corrected chi connectivity index (χ2v) is 2.83. The Morgan fingerprint density at radius 2 is 1.79 bits per heavy atom. The van der Waals surface area contributed by atoms with Gasteiger partial charge >= 0.3 is 12.1 Å². The molecule has 1 aromatic carbocycles.